The van der Waals surface area contributed by atoms with Crippen molar-refractivity contribution in [3.8, 4) is 0 Å². The molecule has 0 aromatic rings. The Morgan fingerprint density at radius 3 is 1.68 bits per heavy atom. The normalized spacial score (nSPS) is 14.5. The maximum Gasteiger partial charge on any atom is 0.0877 e. The third-order valence-corrected chi connectivity index (χ3v) is 4.07. The molecule has 0 aliphatic heterocycles. The largest absolute Gasteiger partial charge is 0.387 e. The fourth-order valence-electron chi connectivity index (χ4n) is 2.56. The van der Waals surface area contributed by atoms with Gasteiger partial charge in [0, 0.05) is 7.11 Å². The first kappa shape index (κ1) is 18.9. The summed E-state index contributed by atoms with van der Waals surface area (Å²) in [5, 5.41) is 10.2. The molecule has 0 saturated carbocycles. The van der Waals surface area contributed by atoms with Gasteiger partial charge < -0.3 is 9.84 Å². The van der Waals surface area contributed by atoms with Crippen LogP contribution in [0.4, 0.5) is 0 Å². The maximum absolute atomic E-state index is 10.2. The van der Waals surface area contributed by atoms with Crippen LogP contribution in [0.5, 0.6) is 0 Å². The van der Waals surface area contributed by atoms with Gasteiger partial charge in [0.05, 0.1) is 12.2 Å². The average Bonchev–Trinajstić information content (AvgIpc) is 2.41. The van der Waals surface area contributed by atoms with E-state index in [1.54, 1.807) is 7.11 Å². The zero-order valence-corrected chi connectivity index (χ0v) is 13.5. The van der Waals surface area contributed by atoms with E-state index in [0.29, 0.717) is 6.61 Å². The molecule has 0 spiro atoms. The molecule has 1 unspecified atom stereocenters. The molecule has 0 heterocycles. The summed E-state index contributed by atoms with van der Waals surface area (Å²) in [6.07, 6.45) is 15.1. The van der Waals surface area contributed by atoms with Gasteiger partial charge in [0.15, 0.2) is 0 Å². The number of unbranched alkanes of at least 4 members (excludes halogenated alkanes) is 9. The van der Waals surface area contributed by atoms with Crippen molar-refractivity contribution in [1.29, 1.82) is 0 Å². The molecule has 2 nitrogen and oxygen atoms in total. The third kappa shape index (κ3) is 11.4. The van der Waals surface area contributed by atoms with Gasteiger partial charge in [-0.05, 0) is 12.8 Å². The highest BCUT2D eigenvalue weighted by Gasteiger charge is 2.23. The Labute approximate surface area is 120 Å². The van der Waals surface area contributed by atoms with Crippen LogP contribution in [-0.4, -0.2) is 24.4 Å². The number of hydrogen-bond acceptors (Lipinski definition) is 2. The van der Waals surface area contributed by atoms with E-state index in [1.807, 2.05) is 6.92 Å². The van der Waals surface area contributed by atoms with E-state index in [4.69, 9.17) is 4.74 Å². The molecule has 0 rings (SSSR count). The predicted molar refractivity (Wildman–Crippen MR) is 83.6 cm³/mol. The molecule has 0 bridgehead atoms. The Hall–Kier alpha value is -0.0800. The lowest BCUT2D eigenvalue weighted by molar-refractivity contribution is -0.0413. The average molecular weight is 272 g/mol. The molecule has 116 valence electrons. The number of rotatable bonds is 14. The summed E-state index contributed by atoms with van der Waals surface area (Å²) in [5.74, 6) is 0. The SMILES string of the molecule is CCCCCCCCCCCCC(O)(CC)COC. The van der Waals surface area contributed by atoms with Crippen molar-refractivity contribution in [3.05, 3.63) is 0 Å². The Morgan fingerprint density at radius 2 is 1.26 bits per heavy atom. The second-order valence-corrected chi connectivity index (χ2v) is 5.94. The number of hydrogen-bond donors (Lipinski definition) is 1. The molecular formula is C17H36O2. The number of ether oxygens (including phenoxy) is 1. The Kier molecular flexibility index (Phi) is 12.9. The van der Waals surface area contributed by atoms with Gasteiger partial charge in [0.1, 0.15) is 0 Å². The molecule has 1 atom stereocenters. The molecule has 19 heavy (non-hydrogen) atoms. The summed E-state index contributed by atoms with van der Waals surface area (Å²) in [5.41, 5.74) is -0.588. The lowest BCUT2D eigenvalue weighted by Crippen LogP contribution is -2.33. The quantitative estimate of drug-likeness (QED) is 0.447. The highest BCUT2D eigenvalue weighted by Crippen LogP contribution is 2.20. The lowest BCUT2D eigenvalue weighted by Gasteiger charge is -2.25. The van der Waals surface area contributed by atoms with Crippen LogP contribution in [0.2, 0.25) is 0 Å². The van der Waals surface area contributed by atoms with E-state index in [1.165, 1.54) is 57.8 Å². The van der Waals surface area contributed by atoms with E-state index in [-0.39, 0.29) is 0 Å². The topological polar surface area (TPSA) is 29.5 Å². The van der Waals surface area contributed by atoms with Crippen molar-refractivity contribution in [1.82, 2.24) is 0 Å². The summed E-state index contributed by atoms with van der Waals surface area (Å²) >= 11 is 0. The summed E-state index contributed by atoms with van der Waals surface area (Å²) in [6.45, 7) is 4.78. The van der Waals surface area contributed by atoms with E-state index >= 15 is 0 Å². The van der Waals surface area contributed by atoms with Crippen LogP contribution in [-0.2, 0) is 4.74 Å². The molecule has 2 heteroatoms. The highest BCUT2D eigenvalue weighted by molar-refractivity contribution is 4.75. The van der Waals surface area contributed by atoms with Crippen molar-refractivity contribution in [2.24, 2.45) is 0 Å². The Balaban J connectivity index is 3.30. The van der Waals surface area contributed by atoms with E-state index < -0.39 is 5.60 Å². The molecule has 0 saturated heterocycles. The van der Waals surface area contributed by atoms with Gasteiger partial charge in [0.2, 0.25) is 0 Å². The third-order valence-electron chi connectivity index (χ3n) is 4.07. The molecule has 0 radical (unpaired) electrons. The first-order chi connectivity index (χ1) is 9.18. The van der Waals surface area contributed by atoms with Crippen LogP contribution < -0.4 is 0 Å². The second-order valence-electron chi connectivity index (χ2n) is 5.94. The highest BCUT2D eigenvalue weighted by atomic mass is 16.5. The van der Waals surface area contributed by atoms with Gasteiger partial charge in [-0.2, -0.15) is 0 Å². The summed E-state index contributed by atoms with van der Waals surface area (Å²) < 4.78 is 5.09. The number of methoxy groups -OCH3 is 1. The van der Waals surface area contributed by atoms with Crippen molar-refractivity contribution >= 4 is 0 Å². The molecule has 1 N–H and O–H groups in total. The molecule has 0 amide bonds. The van der Waals surface area contributed by atoms with E-state index in [0.717, 1.165) is 19.3 Å². The van der Waals surface area contributed by atoms with Gasteiger partial charge in [0.25, 0.3) is 0 Å². The number of aliphatic hydroxyl groups is 1. The minimum absolute atomic E-state index is 0.473. The van der Waals surface area contributed by atoms with E-state index in [2.05, 4.69) is 6.92 Å². The van der Waals surface area contributed by atoms with Crippen LogP contribution >= 0.6 is 0 Å². The fraction of sp³-hybridized carbons (Fsp3) is 1.00. The van der Waals surface area contributed by atoms with Crippen LogP contribution in [0.3, 0.4) is 0 Å². The molecule has 0 aliphatic carbocycles. The first-order valence-corrected chi connectivity index (χ1v) is 8.40. The molecular weight excluding hydrogens is 236 g/mol. The predicted octanol–water partition coefficient (Wildman–Crippen LogP) is 5.08. The Morgan fingerprint density at radius 1 is 0.789 bits per heavy atom. The minimum Gasteiger partial charge on any atom is -0.387 e. The fourth-order valence-corrected chi connectivity index (χ4v) is 2.56. The summed E-state index contributed by atoms with van der Waals surface area (Å²) in [7, 11) is 1.67. The monoisotopic (exact) mass is 272 g/mol. The zero-order chi connectivity index (χ0) is 14.4. The van der Waals surface area contributed by atoms with Crippen molar-refractivity contribution in [2.75, 3.05) is 13.7 Å². The van der Waals surface area contributed by atoms with Crippen LogP contribution in [0, 0.1) is 0 Å². The molecule has 0 aliphatic rings. The standard InChI is InChI=1S/C17H36O2/c1-4-6-7-8-9-10-11-12-13-14-15-17(18,5-2)16-19-3/h18H,4-16H2,1-3H3. The minimum atomic E-state index is -0.588. The van der Waals surface area contributed by atoms with Gasteiger partial charge in [-0.25, -0.2) is 0 Å². The van der Waals surface area contributed by atoms with Crippen molar-refractivity contribution in [2.45, 2.75) is 96.5 Å². The van der Waals surface area contributed by atoms with E-state index in [9.17, 15) is 5.11 Å². The van der Waals surface area contributed by atoms with Crippen LogP contribution in [0.15, 0.2) is 0 Å². The van der Waals surface area contributed by atoms with Gasteiger partial charge in [-0.3, -0.25) is 0 Å². The van der Waals surface area contributed by atoms with Crippen LogP contribution in [0.1, 0.15) is 90.9 Å². The van der Waals surface area contributed by atoms with Crippen LogP contribution in [0.25, 0.3) is 0 Å². The first-order valence-electron chi connectivity index (χ1n) is 8.40. The van der Waals surface area contributed by atoms with Crippen molar-refractivity contribution in [3.63, 3.8) is 0 Å². The molecule has 0 aromatic carbocycles. The Bertz CT molecular complexity index is 182. The second kappa shape index (κ2) is 12.9. The smallest absolute Gasteiger partial charge is 0.0877 e. The lowest BCUT2D eigenvalue weighted by atomic mass is 9.94. The summed E-state index contributed by atoms with van der Waals surface area (Å²) in [4.78, 5) is 0. The zero-order valence-electron chi connectivity index (χ0n) is 13.5. The van der Waals surface area contributed by atoms with Gasteiger partial charge in [-0.1, -0.05) is 78.1 Å². The van der Waals surface area contributed by atoms with Gasteiger partial charge >= 0.3 is 0 Å². The molecule has 0 fully saturated rings. The van der Waals surface area contributed by atoms with Gasteiger partial charge in [-0.15, -0.1) is 0 Å². The maximum atomic E-state index is 10.2. The van der Waals surface area contributed by atoms with Crippen molar-refractivity contribution < 1.29 is 9.84 Å². The molecule has 0 aromatic heterocycles. The summed E-state index contributed by atoms with van der Waals surface area (Å²) in [6, 6.07) is 0.